The average Bonchev–Trinajstić information content (AvgIpc) is 2.59. The molecule has 3 heteroatoms. The van der Waals surface area contributed by atoms with Crippen LogP contribution in [0.5, 0.6) is 0 Å². The fourth-order valence-corrected chi connectivity index (χ4v) is 4.27. The average molecular weight is 329 g/mol. The zero-order chi connectivity index (χ0) is 16.9. The first kappa shape index (κ1) is 17.5. The van der Waals surface area contributed by atoms with Crippen LogP contribution < -0.4 is 5.32 Å². The lowest BCUT2D eigenvalue weighted by atomic mass is 9.86. The molecule has 3 nitrogen and oxygen atoms in total. The summed E-state index contributed by atoms with van der Waals surface area (Å²) < 4.78 is 0. The van der Waals surface area contributed by atoms with Crippen LogP contribution >= 0.6 is 0 Å². The van der Waals surface area contributed by atoms with Gasteiger partial charge in [0, 0.05) is 25.6 Å². The van der Waals surface area contributed by atoms with E-state index in [1.165, 1.54) is 48.8 Å². The van der Waals surface area contributed by atoms with E-state index in [1.807, 2.05) is 0 Å². The van der Waals surface area contributed by atoms with E-state index in [0.717, 1.165) is 31.8 Å². The summed E-state index contributed by atoms with van der Waals surface area (Å²) in [5, 5.41) is 3.19. The highest BCUT2D eigenvalue weighted by atomic mass is 16.1. The maximum atomic E-state index is 12.2. The number of likely N-dealkylation sites (N-methyl/N-ethyl adjacent to an activating group) is 1. The molecule has 1 saturated carbocycles. The summed E-state index contributed by atoms with van der Waals surface area (Å²) >= 11 is 0. The van der Waals surface area contributed by atoms with Crippen molar-refractivity contribution in [3.63, 3.8) is 0 Å². The Labute approximate surface area is 146 Å². The molecule has 0 aromatic heterocycles. The van der Waals surface area contributed by atoms with Gasteiger partial charge in [-0.15, -0.1) is 0 Å². The number of fused-ring (bicyclic) bond motifs is 1. The summed E-state index contributed by atoms with van der Waals surface area (Å²) in [6, 6.07) is 7.17. The van der Waals surface area contributed by atoms with Crippen LogP contribution in [0.3, 0.4) is 0 Å². The van der Waals surface area contributed by atoms with Crippen molar-refractivity contribution in [2.45, 2.75) is 70.9 Å². The molecule has 0 spiro atoms. The predicted octanol–water partition coefficient (Wildman–Crippen LogP) is 3.83. The van der Waals surface area contributed by atoms with Gasteiger partial charge in [-0.05, 0) is 43.9 Å². The van der Waals surface area contributed by atoms with Gasteiger partial charge in [-0.25, -0.2) is 0 Å². The smallest absolute Gasteiger partial charge is 0.220 e. The Balaban J connectivity index is 1.44. The molecule has 1 heterocycles. The molecule has 0 radical (unpaired) electrons. The number of rotatable bonds is 5. The Hall–Kier alpha value is -1.35. The standard InChI is InChI=1S/C21H32N2O/c1-16-8-10-18-15-23(2)20(13-19(18)12-16)14-22-21(24)11-9-17-6-4-3-5-7-17/h8,10,12,17,20H,3-7,9,11,13-15H2,1-2H3,(H,22,24)/t20-/m0/s1. The van der Waals surface area contributed by atoms with Crippen LogP contribution in [0.15, 0.2) is 18.2 Å². The van der Waals surface area contributed by atoms with Crippen molar-refractivity contribution >= 4 is 5.91 Å². The van der Waals surface area contributed by atoms with E-state index in [2.05, 4.69) is 42.4 Å². The Morgan fingerprint density at radius 3 is 2.79 bits per heavy atom. The first-order valence-corrected chi connectivity index (χ1v) is 9.67. The predicted molar refractivity (Wildman–Crippen MR) is 99.0 cm³/mol. The van der Waals surface area contributed by atoms with Crippen LogP contribution in [0.2, 0.25) is 0 Å². The lowest BCUT2D eigenvalue weighted by Gasteiger charge is -2.34. The van der Waals surface area contributed by atoms with E-state index in [-0.39, 0.29) is 5.91 Å². The van der Waals surface area contributed by atoms with E-state index in [4.69, 9.17) is 0 Å². The van der Waals surface area contributed by atoms with Gasteiger partial charge in [-0.2, -0.15) is 0 Å². The second-order valence-corrected chi connectivity index (χ2v) is 7.89. The van der Waals surface area contributed by atoms with Crippen molar-refractivity contribution in [1.29, 1.82) is 0 Å². The van der Waals surface area contributed by atoms with Crippen molar-refractivity contribution in [1.82, 2.24) is 10.2 Å². The summed E-state index contributed by atoms with van der Waals surface area (Å²) in [5.74, 6) is 1.03. The van der Waals surface area contributed by atoms with Gasteiger partial charge in [0.15, 0.2) is 0 Å². The van der Waals surface area contributed by atoms with Gasteiger partial charge < -0.3 is 5.32 Å². The van der Waals surface area contributed by atoms with Gasteiger partial charge in [0.2, 0.25) is 5.91 Å². The molecule has 1 atom stereocenters. The summed E-state index contributed by atoms with van der Waals surface area (Å²) in [6.45, 7) is 3.91. The number of hydrogen-bond acceptors (Lipinski definition) is 2. The van der Waals surface area contributed by atoms with Crippen LogP contribution in [-0.4, -0.2) is 30.4 Å². The minimum Gasteiger partial charge on any atom is -0.355 e. The highest BCUT2D eigenvalue weighted by Gasteiger charge is 2.24. The highest BCUT2D eigenvalue weighted by Crippen LogP contribution is 2.27. The lowest BCUT2D eigenvalue weighted by Crippen LogP contribution is -2.45. The molecule has 1 N–H and O–H groups in total. The van der Waals surface area contributed by atoms with Gasteiger partial charge in [-0.3, -0.25) is 9.69 Å². The zero-order valence-electron chi connectivity index (χ0n) is 15.3. The SMILES string of the molecule is Cc1ccc2c(c1)C[C@@H](CNC(=O)CCC1CCCCC1)N(C)C2. The molecule has 2 aliphatic rings. The van der Waals surface area contributed by atoms with Crippen LogP contribution in [0.4, 0.5) is 0 Å². The topological polar surface area (TPSA) is 32.3 Å². The Morgan fingerprint density at radius 2 is 2.00 bits per heavy atom. The van der Waals surface area contributed by atoms with E-state index >= 15 is 0 Å². The van der Waals surface area contributed by atoms with Gasteiger partial charge in [0.25, 0.3) is 0 Å². The molecule has 132 valence electrons. The quantitative estimate of drug-likeness (QED) is 0.891. The van der Waals surface area contributed by atoms with Gasteiger partial charge in [-0.1, -0.05) is 55.9 Å². The maximum Gasteiger partial charge on any atom is 0.220 e. The maximum absolute atomic E-state index is 12.2. The number of hydrogen-bond donors (Lipinski definition) is 1. The monoisotopic (exact) mass is 328 g/mol. The van der Waals surface area contributed by atoms with Crippen LogP contribution in [0.25, 0.3) is 0 Å². The number of amides is 1. The second-order valence-electron chi connectivity index (χ2n) is 7.89. The summed E-state index contributed by atoms with van der Waals surface area (Å²) in [7, 11) is 2.17. The van der Waals surface area contributed by atoms with Crippen molar-refractivity contribution < 1.29 is 4.79 Å². The van der Waals surface area contributed by atoms with Crippen molar-refractivity contribution in [2.24, 2.45) is 5.92 Å². The first-order valence-electron chi connectivity index (χ1n) is 9.67. The van der Waals surface area contributed by atoms with Gasteiger partial charge in [0.05, 0.1) is 0 Å². The number of carbonyl (C=O) groups excluding carboxylic acids is 1. The third-order valence-electron chi connectivity index (χ3n) is 5.90. The Morgan fingerprint density at radius 1 is 1.21 bits per heavy atom. The molecule has 0 bridgehead atoms. The van der Waals surface area contributed by atoms with Gasteiger partial charge in [0.1, 0.15) is 0 Å². The van der Waals surface area contributed by atoms with E-state index < -0.39 is 0 Å². The number of nitrogens with one attached hydrogen (secondary N) is 1. The molecule has 1 aromatic rings. The fraction of sp³-hybridized carbons (Fsp3) is 0.667. The Kier molecular flexibility index (Phi) is 5.94. The Bertz CT molecular complexity index is 563. The summed E-state index contributed by atoms with van der Waals surface area (Å²) in [4.78, 5) is 14.6. The van der Waals surface area contributed by atoms with Crippen molar-refractivity contribution in [2.75, 3.05) is 13.6 Å². The van der Waals surface area contributed by atoms with Crippen LogP contribution in [0.1, 0.15) is 61.6 Å². The van der Waals surface area contributed by atoms with E-state index in [9.17, 15) is 4.79 Å². The normalized spacial score (nSPS) is 22.2. The molecular weight excluding hydrogens is 296 g/mol. The summed E-state index contributed by atoms with van der Waals surface area (Å²) in [5.41, 5.74) is 4.21. The minimum atomic E-state index is 0.240. The largest absolute Gasteiger partial charge is 0.355 e. The third-order valence-corrected chi connectivity index (χ3v) is 5.90. The fourth-order valence-electron chi connectivity index (χ4n) is 4.27. The molecular formula is C21H32N2O. The highest BCUT2D eigenvalue weighted by molar-refractivity contribution is 5.75. The molecule has 24 heavy (non-hydrogen) atoms. The van der Waals surface area contributed by atoms with E-state index in [0.29, 0.717) is 12.5 Å². The molecule has 1 aliphatic carbocycles. The van der Waals surface area contributed by atoms with E-state index in [1.54, 1.807) is 0 Å². The van der Waals surface area contributed by atoms with Crippen LogP contribution in [-0.2, 0) is 17.8 Å². The molecule has 3 rings (SSSR count). The van der Waals surface area contributed by atoms with Crippen molar-refractivity contribution in [3.05, 3.63) is 34.9 Å². The molecule has 1 aliphatic heterocycles. The number of benzene rings is 1. The lowest BCUT2D eigenvalue weighted by molar-refractivity contribution is -0.121. The molecule has 0 unspecified atom stereocenters. The number of aryl methyl sites for hydroxylation is 1. The molecule has 1 amide bonds. The minimum absolute atomic E-state index is 0.240. The third kappa shape index (κ3) is 4.60. The zero-order valence-corrected chi connectivity index (χ0v) is 15.3. The number of carbonyl (C=O) groups is 1. The molecule has 1 fully saturated rings. The van der Waals surface area contributed by atoms with Crippen LogP contribution in [0, 0.1) is 12.8 Å². The van der Waals surface area contributed by atoms with Crippen molar-refractivity contribution in [3.8, 4) is 0 Å². The summed E-state index contributed by atoms with van der Waals surface area (Å²) in [6.07, 6.45) is 9.58. The number of nitrogens with zero attached hydrogens (tertiary/aromatic N) is 1. The molecule has 0 saturated heterocycles. The van der Waals surface area contributed by atoms with Gasteiger partial charge >= 0.3 is 0 Å². The second kappa shape index (κ2) is 8.15. The molecule has 1 aromatic carbocycles. The first-order chi connectivity index (χ1) is 11.6.